The Balaban J connectivity index is 2.42. The molecule has 0 radical (unpaired) electrons. The van der Waals surface area contributed by atoms with Crippen LogP contribution in [0.15, 0.2) is 12.2 Å². The molecule has 0 saturated carbocycles. The lowest BCUT2D eigenvalue weighted by Crippen LogP contribution is -2.42. The Bertz CT molecular complexity index is 299. The molecule has 0 spiro atoms. The molecule has 0 aromatic carbocycles. The van der Waals surface area contributed by atoms with E-state index >= 15 is 0 Å². The maximum absolute atomic E-state index is 11.4. The molecule has 0 bridgehead atoms. The van der Waals surface area contributed by atoms with Crippen LogP contribution in [0.3, 0.4) is 0 Å². The second-order valence-electron chi connectivity index (χ2n) is 5.33. The van der Waals surface area contributed by atoms with Crippen LogP contribution in [-0.2, 0) is 19.0 Å². The lowest BCUT2D eigenvalue weighted by atomic mass is 9.91. The molecule has 0 aromatic heterocycles. The van der Waals surface area contributed by atoms with Crippen molar-refractivity contribution in [2.24, 2.45) is 11.8 Å². The van der Waals surface area contributed by atoms with Crippen LogP contribution in [0.2, 0.25) is 0 Å². The van der Waals surface area contributed by atoms with E-state index in [9.17, 15) is 4.79 Å². The summed E-state index contributed by atoms with van der Waals surface area (Å²) >= 11 is 0. The Morgan fingerprint density at radius 2 is 2.00 bits per heavy atom. The molecular weight excluding hydrogens is 232 g/mol. The predicted molar refractivity (Wildman–Crippen MR) is 69.0 cm³/mol. The molecule has 4 nitrogen and oxygen atoms in total. The molecule has 1 heterocycles. The monoisotopic (exact) mass is 256 g/mol. The van der Waals surface area contributed by atoms with Crippen LogP contribution in [0.5, 0.6) is 0 Å². The molecule has 0 aliphatic carbocycles. The van der Waals surface area contributed by atoms with Crippen molar-refractivity contribution in [2.75, 3.05) is 19.8 Å². The van der Waals surface area contributed by atoms with Gasteiger partial charge in [-0.05, 0) is 27.2 Å². The van der Waals surface area contributed by atoms with Crippen LogP contribution in [0.4, 0.5) is 0 Å². The average molecular weight is 256 g/mol. The number of carbonyl (C=O) groups is 1. The van der Waals surface area contributed by atoms with Gasteiger partial charge < -0.3 is 14.2 Å². The van der Waals surface area contributed by atoms with E-state index in [1.807, 2.05) is 13.8 Å². The topological polar surface area (TPSA) is 44.8 Å². The predicted octanol–water partition coefficient (Wildman–Crippen LogP) is 2.53. The first-order valence-electron chi connectivity index (χ1n) is 6.46. The van der Waals surface area contributed by atoms with Gasteiger partial charge in [0.05, 0.1) is 19.8 Å². The quantitative estimate of drug-likeness (QED) is 0.560. The third-order valence-corrected chi connectivity index (χ3v) is 3.26. The molecule has 4 heteroatoms. The van der Waals surface area contributed by atoms with E-state index in [0.29, 0.717) is 25.4 Å². The van der Waals surface area contributed by atoms with Crippen LogP contribution >= 0.6 is 0 Å². The van der Waals surface area contributed by atoms with Gasteiger partial charge in [-0.3, -0.25) is 0 Å². The SMILES string of the molecule is C=C(C)C(=O)OCC(CC)C1COC(C)(C)OC1. The zero-order valence-corrected chi connectivity index (χ0v) is 11.8. The molecule has 1 aliphatic heterocycles. The van der Waals surface area contributed by atoms with Gasteiger partial charge in [0.2, 0.25) is 0 Å². The number of carbonyl (C=O) groups excluding carboxylic acids is 1. The van der Waals surface area contributed by atoms with E-state index in [0.717, 1.165) is 6.42 Å². The largest absolute Gasteiger partial charge is 0.462 e. The molecule has 1 atom stereocenters. The number of hydrogen-bond acceptors (Lipinski definition) is 4. The van der Waals surface area contributed by atoms with Crippen molar-refractivity contribution in [1.29, 1.82) is 0 Å². The van der Waals surface area contributed by atoms with Crippen molar-refractivity contribution in [3.05, 3.63) is 12.2 Å². The summed E-state index contributed by atoms with van der Waals surface area (Å²) in [5.74, 6) is -0.278. The van der Waals surface area contributed by atoms with Crippen molar-refractivity contribution >= 4 is 5.97 Å². The normalized spacial score (nSPS) is 21.3. The fraction of sp³-hybridized carbons (Fsp3) is 0.786. The molecule has 1 unspecified atom stereocenters. The van der Waals surface area contributed by atoms with E-state index < -0.39 is 5.79 Å². The summed E-state index contributed by atoms with van der Waals surface area (Å²) in [6, 6.07) is 0. The third kappa shape index (κ3) is 4.42. The molecule has 1 aliphatic rings. The van der Waals surface area contributed by atoms with Crippen LogP contribution in [-0.4, -0.2) is 31.6 Å². The van der Waals surface area contributed by atoms with Crippen LogP contribution in [0.1, 0.15) is 34.1 Å². The van der Waals surface area contributed by atoms with E-state index in [1.165, 1.54) is 0 Å². The molecule has 1 saturated heterocycles. The third-order valence-electron chi connectivity index (χ3n) is 3.26. The molecule has 0 aromatic rings. The van der Waals surface area contributed by atoms with Gasteiger partial charge in [-0.25, -0.2) is 4.79 Å². The Morgan fingerprint density at radius 1 is 1.44 bits per heavy atom. The van der Waals surface area contributed by atoms with E-state index in [1.54, 1.807) is 6.92 Å². The molecule has 1 rings (SSSR count). The van der Waals surface area contributed by atoms with Crippen molar-refractivity contribution in [3.8, 4) is 0 Å². The van der Waals surface area contributed by atoms with Crippen molar-refractivity contribution in [1.82, 2.24) is 0 Å². The van der Waals surface area contributed by atoms with Crippen molar-refractivity contribution in [2.45, 2.75) is 39.9 Å². The minimum absolute atomic E-state index is 0.268. The van der Waals surface area contributed by atoms with E-state index in [-0.39, 0.29) is 17.8 Å². The van der Waals surface area contributed by atoms with Gasteiger partial charge >= 0.3 is 5.97 Å². The zero-order valence-electron chi connectivity index (χ0n) is 11.8. The fourth-order valence-corrected chi connectivity index (χ4v) is 1.87. The zero-order chi connectivity index (χ0) is 13.8. The minimum atomic E-state index is -0.497. The van der Waals surface area contributed by atoms with Gasteiger partial charge in [0, 0.05) is 17.4 Å². The Labute approximate surface area is 109 Å². The fourth-order valence-electron chi connectivity index (χ4n) is 1.87. The highest BCUT2D eigenvalue weighted by Crippen LogP contribution is 2.27. The Kier molecular flexibility index (Phi) is 5.35. The van der Waals surface area contributed by atoms with Crippen LogP contribution in [0, 0.1) is 11.8 Å². The molecule has 0 amide bonds. The molecular formula is C14H24O4. The van der Waals surface area contributed by atoms with E-state index in [2.05, 4.69) is 13.5 Å². The smallest absolute Gasteiger partial charge is 0.333 e. The highest BCUT2D eigenvalue weighted by atomic mass is 16.7. The van der Waals surface area contributed by atoms with Crippen molar-refractivity contribution < 1.29 is 19.0 Å². The summed E-state index contributed by atoms with van der Waals surface area (Å²) < 4.78 is 16.5. The summed E-state index contributed by atoms with van der Waals surface area (Å²) in [4.78, 5) is 11.4. The summed E-state index contributed by atoms with van der Waals surface area (Å²) in [5.41, 5.74) is 0.433. The van der Waals surface area contributed by atoms with Gasteiger partial charge in [-0.15, -0.1) is 0 Å². The van der Waals surface area contributed by atoms with Gasteiger partial charge in [0.1, 0.15) is 0 Å². The first-order chi connectivity index (χ1) is 8.35. The van der Waals surface area contributed by atoms with Crippen LogP contribution < -0.4 is 0 Å². The number of ether oxygens (including phenoxy) is 3. The summed E-state index contributed by atoms with van der Waals surface area (Å²) in [6.07, 6.45) is 0.932. The van der Waals surface area contributed by atoms with Crippen LogP contribution in [0.25, 0.3) is 0 Å². The molecule has 104 valence electrons. The molecule has 0 N–H and O–H groups in total. The second kappa shape index (κ2) is 6.34. The summed E-state index contributed by atoms with van der Waals surface area (Å²) in [5, 5.41) is 0. The summed E-state index contributed by atoms with van der Waals surface area (Å²) in [6.45, 7) is 12.8. The number of esters is 1. The average Bonchev–Trinajstić information content (AvgIpc) is 2.31. The molecule has 1 fully saturated rings. The van der Waals surface area contributed by atoms with E-state index in [4.69, 9.17) is 14.2 Å². The van der Waals surface area contributed by atoms with Gasteiger partial charge in [-0.2, -0.15) is 0 Å². The minimum Gasteiger partial charge on any atom is -0.462 e. The van der Waals surface area contributed by atoms with Gasteiger partial charge in [-0.1, -0.05) is 13.5 Å². The lowest BCUT2D eigenvalue weighted by Gasteiger charge is -2.37. The Hall–Kier alpha value is -0.870. The lowest BCUT2D eigenvalue weighted by molar-refractivity contribution is -0.269. The Morgan fingerprint density at radius 3 is 2.44 bits per heavy atom. The highest BCUT2D eigenvalue weighted by molar-refractivity contribution is 5.86. The van der Waals surface area contributed by atoms with Gasteiger partial charge in [0.15, 0.2) is 5.79 Å². The second-order valence-corrected chi connectivity index (χ2v) is 5.33. The number of hydrogen-bond donors (Lipinski definition) is 0. The number of rotatable bonds is 5. The van der Waals surface area contributed by atoms with Crippen molar-refractivity contribution in [3.63, 3.8) is 0 Å². The first kappa shape index (κ1) is 15.2. The standard InChI is InChI=1S/C14H24O4/c1-6-11(7-16-13(15)10(2)3)12-8-17-14(4,5)18-9-12/h11-12H,2,6-9H2,1,3-5H3. The van der Waals surface area contributed by atoms with Gasteiger partial charge in [0.25, 0.3) is 0 Å². The highest BCUT2D eigenvalue weighted by Gasteiger charge is 2.32. The summed E-state index contributed by atoms with van der Waals surface area (Å²) in [7, 11) is 0. The maximum Gasteiger partial charge on any atom is 0.333 e. The molecule has 18 heavy (non-hydrogen) atoms. The first-order valence-corrected chi connectivity index (χ1v) is 6.46. The maximum atomic E-state index is 11.4.